The molecule has 0 aromatic heterocycles. The Labute approximate surface area is 114 Å². The molecule has 104 valence electrons. The van der Waals surface area contributed by atoms with Gasteiger partial charge < -0.3 is 10.1 Å². The van der Waals surface area contributed by atoms with Crippen LogP contribution in [-0.2, 0) is 9.59 Å². The maximum absolute atomic E-state index is 11.9. The minimum absolute atomic E-state index is 0.0244. The van der Waals surface area contributed by atoms with Crippen molar-refractivity contribution in [3.05, 3.63) is 36.0 Å². The van der Waals surface area contributed by atoms with Crippen molar-refractivity contribution in [3.8, 4) is 0 Å². The quantitative estimate of drug-likeness (QED) is 0.558. The van der Waals surface area contributed by atoms with Gasteiger partial charge in [0.1, 0.15) is 6.29 Å². The van der Waals surface area contributed by atoms with Gasteiger partial charge in [0.2, 0.25) is 5.91 Å². The number of nitrogens with one attached hydrogen (secondary N) is 1. The van der Waals surface area contributed by atoms with E-state index in [9.17, 15) is 9.59 Å². The van der Waals surface area contributed by atoms with Crippen LogP contribution >= 0.6 is 0 Å². The molecule has 1 rings (SSSR count). The van der Waals surface area contributed by atoms with Gasteiger partial charge in [0.25, 0.3) is 0 Å². The fraction of sp³-hybridized carbons (Fsp3) is 0.467. The standard InChI is InChI=1S/C15H22N2O2/c1-4-5-7-13-11-17(10-12(13)2)14(8-6-9-18)15(19)16-3/h4-5,7,9,14H,1,6,8,10-11H2,2-3H3,(H,16,19)/b7-5-. The Bertz CT molecular complexity index is 410. The lowest BCUT2D eigenvalue weighted by molar-refractivity contribution is -0.125. The Kier molecular flexibility index (Phi) is 6.22. The Balaban J connectivity index is 2.74. The van der Waals surface area contributed by atoms with Crippen LogP contribution in [-0.4, -0.2) is 43.3 Å². The molecule has 19 heavy (non-hydrogen) atoms. The fourth-order valence-corrected chi connectivity index (χ4v) is 2.29. The normalized spacial score (nSPS) is 17.8. The molecular weight excluding hydrogens is 240 g/mol. The van der Waals surface area contributed by atoms with Crippen LogP contribution in [0.2, 0.25) is 0 Å². The molecule has 0 saturated heterocycles. The van der Waals surface area contributed by atoms with Crippen molar-refractivity contribution < 1.29 is 9.59 Å². The first-order valence-corrected chi connectivity index (χ1v) is 6.51. The number of carbonyl (C=O) groups is 2. The van der Waals surface area contributed by atoms with Crippen molar-refractivity contribution in [2.24, 2.45) is 0 Å². The lowest BCUT2D eigenvalue weighted by Crippen LogP contribution is -2.45. The first-order valence-electron chi connectivity index (χ1n) is 6.51. The van der Waals surface area contributed by atoms with Crippen molar-refractivity contribution >= 4 is 12.2 Å². The molecule has 0 spiro atoms. The molecule has 0 bridgehead atoms. The Morgan fingerprint density at radius 2 is 2.26 bits per heavy atom. The summed E-state index contributed by atoms with van der Waals surface area (Å²) in [6.45, 7) is 7.24. The third kappa shape index (κ3) is 4.17. The fourth-order valence-electron chi connectivity index (χ4n) is 2.29. The minimum atomic E-state index is -0.236. The van der Waals surface area contributed by atoms with E-state index < -0.39 is 0 Å². The molecule has 1 N–H and O–H groups in total. The summed E-state index contributed by atoms with van der Waals surface area (Å²) < 4.78 is 0. The average Bonchev–Trinajstić information content (AvgIpc) is 2.77. The summed E-state index contributed by atoms with van der Waals surface area (Å²) in [5.41, 5.74) is 2.48. The summed E-state index contributed by atoms with van der Waals surface area (Å²) in [4.78, 5) is 24.5. The third-order valence-corrected chi connectivity index (χ3v) is 3.34. The molecule has 0 fully saturated rings. The third-order valence-electron chi connectivity index (χ3n) is 3.34. The van der Waals surface area contributed by atoms with Gasteiger partial charge in [-0.25, -0.2) is 0 Å². The van der Waals surface area contributed by atoms with Crippen molar-refractivity contribution in [3.63, 3.8) is 0 Å². The van der Waals surface area contributed by atoms with E-state index >= 15 is 0 Å². The van der Waals surface area contributed by atoms with Crippen molar-refractivity contribution in [1.82, 2.24) is 10.2 Å². The molecule has 4 nitrogen and oxygen atoms in total. The van der Waals surface area contributed by atoms with Crippen LogP contribution in [0.3, 0.4) is 0 Å². The van der Waals surface area contributed by atoms with Crippen LogP contribution in [0.1, 0.15) is 19.8 Å². The molecule has 0 radical (unpaired) electrons. The van der Waals surface area contributed by atoms with Crippen molar-refractivity contribution in [2.45, 2.75) is 25.8 Å². The van der Waals surface area contributed by atoms with Crippen LogP contribution in [0, 0.1) is 0 Å². The maximum atomic E-state index is 11.9. The van der Waals surface area contributed by atoms with Gasteiger partial charge in [-0.2, -0.15) is 0 Å². The second-order valence-corrected chi connectivity index (χ2v) is 4.68. The number of rotatable bonds is 7. The van der Waals surface area contributed by atoms with Crippen LogP contribution in [0.5, 0.6) is 0 Å². The highest BCUT2D eigenvalue weighted by atomic mass is 16.2. The summed E-state index contributed by atoms with van der Waals surface area (Å²) in [5.74, 6) is -0.0244. The second kappa shape index (κ2) is 7.69. The van der Waals surface area contributed by atoms with Gasteiger partial charge in [0.05, 0.1) is 6.04 Å². The topological polar surface area (TPSA) is 49.4 Å². The number of likely N-dealkylation sites (N-methyl/N-ethyl adjacent to an activating group) is 1. The van der Waals surface area contributed by atoms with Gasteiger partial charge in [-0.15, -0.1) is 0 Å². The number of hydrogen-bond acceptors (Lipinski definition) is 3. The zero-order valence-electron chi connectivity index (χ0n) is 11.7. The zero-order chi connectivity index (χ0) is 14.3. The van der Waals surface area contributed by atoms with Crippen LogP contribution < -0.4 is 5.32 Å². The molecule has 4 heteroatoms. The summed E-state index contributed by atoms with van der Waals surface area (Å²) in [6.07, 6.45) is 7.52. The molecule has 0 aromatic carbocycles. The molecule has 1 heterocycles. The first-order chi connectivity index (χ1) is 9.13. The number of allylic oxidation sites excluding steroid dienone is 2. The Hall–Kier alpha value is -1.68. The molecule has 0 aromatic rings. The monoisotopic (exact) mass is 262 g/mol. The van der Waals surface area contributed by atoms with Crippen LogP contribution in [0.15, 0.2) is 36.0 Å². The number of aldehydes is 1. The number of nitrogens with zero attached hydrogens (tertiary/aromatic N) is 1. The summed E-state index contributed by atoms with van der Waals surface area (Å²) in [6, 6.07) is -0.236. The van der Waals surface area contributed by atoms with Crippen LogP contribution in [0.4, 0.5) is 0 Å². The number of carbonyl (C=O) groups excluding carboxylic acids is 2. The van der Waals surface area contributed by atoms with E-state index in [0.29, 0.717) is 12.8 Å². The summed E-state index contributed by atoms with van der Waals surface area (Å²) in [5, 5.41) is 2.67. The summed E-state index contributed by atoms with van der Waals surface area (Å²) in [7, 11) is 1.63. The molecule has 1 atom stereocenters. The molecule has 1 unspecified atom stereocenters. The Morgan fingerprint density at radius 3 is 2.84 bits per heavy atom. The lowest BCUT2D eigenvalue weighted by Gasteiger charge is -2.26. The van der Waals surface area contributed by atoms with Crippen LogP contribution in [0.25, 0.3) is 0 Å². The molecule has 1 aliphatic heterocycles. The molecule has 1 aliphatic rings. The average molecular weight is 262 g/mol. The van der Waals surface area contributed by atoms with Gasteiger partial charge in [-0.1, -0.05) is 30.4 Å². The van der Waals surface area contributed by atoms with Gasteiger partial charge in [-0.3, -0.25) is 9.69 Å². The second-order valence-electron chi connectivity index (χ2n) is 4.68. The summed E-state index contributed by atoms with van der Waals surface area (Å²) >= 11 is 0. The lowest BCUT2D eigenvalue weighted by atomic mass is 10.1. The maximum Gasteiger partial charge on any atom is 0.237 e. The molecule has 0 saturated carbocycles. The predicted molar refractivity (Wildman–Crippen MR) is 76.8 cm³/mol. The van der Waals surface area contributed by atoms with E-state index in [2.05, 4.69) is 23.7 Å². The van der Waals surface area contributed by atoms with Crippen molar-refractivity contribution in [1.29, 1.82) is 0 Å². The van der Waals surface area contributed by atoms with E-state index in [-0.39, 0.29) is 11.9 Å². The van der Waals surface area contributed by atoms with Gasteiger partial charge in [-0.05, 0) is 18.9 Å². The first kappa shape index (κ1) is 15.4. The molecule has 0 aliphatic carbocycles. The predicted octanol–water partition coefficient (Wildman–Crippen LogP) is 1.45. The Morgan fingerprint density at radius 1 is 1.53 bits per heavy atom. The van der Waals surface area contributed by atoms with Crippen molar-refractivity contribution in [2.75, 3.05) is 20.1 Å². The highest BCUT2D eigenvalue weighted by molar-refractivity contribution is 5.82. The highest BCUT2D eigenvalue weighted by Crippen LogP contribution is 2.22. The highest BCUT2D eigenvalue weighted by Gasteiger charge is 2.29. The smallest absolute Gasteiger partial charge is 0.237 e. The van der Waals surface area contributed by atoms with E-state index in [1.807, 2.05) is 12.2 Å². The van der Waals surface area contributed by atoms with Gasteiger partial charge >= 0.3 is 0 Å². The van der Waals surface area contributed by atoms with E-state index in [0.717, 1.165) is 19.4 Å². The minimum Gasteiger partial charge on any atom is -0.358 e. The van der Waals surface area contributed by atoms with Gasteiger partial charge in [0.15, 0.2) is 0 Å². The van der Waals surface area contributed by atoms with E-state index in [1.165, 1.54) is 11.1 Å². The number of amides is 1. The number of hydrogen-bond donors (Lipinski definition) is 1. The molecule has 1 amide bonds. The largest absolute Gasteiger partial charge is 0.358 e. The van der Waals surface area contributed by atoms with E-state index in [1.54, 1.807) is 13.1 Å². The van der Waals surface area contributed by atoms with Gasteiger partial charge in [0, 0.05) is 26.6 Å². The molecular formula is C15H22N2O2. The SMILES string of the molecule is C=C/C=C\C1=C(C)CN(C(CCC=O)C(=O)NC)C1. The van der Waals surface area contributed by atoms with E-state index in [4.69, 9.17) is 0 Å². The zero-order valence-corrected chi connectivity index (χ0v) is 11.7.